The van der Waals surface area contributed by atoms with Crippen LogP contribution in [0.15, 0.2) is 42.5 Å². The molecule has 0 aromatic heterocycles. The Kier molecular flexibility index (Phi) is 5.28. The number of hydrogen-bond donors (Lipinski definition) is 3. The predicted octanol–water partition coefficient (Wildman–Crippen LogP) is 0.439. The van der Waals surface area contributed by atoms with Gasteiger partial charge < -0.3 is 15.5 Å². The molecule has 100 valence electrons. The van der Waals surface area contributed by atoms with E-state index in [0.29, 0.717) is 6.08 Å². The Labute approximate surface area is 109 Å². The number of carboxylic acids is 2. The van der Waals surface area contributed by atoms with E-state index in [1.807, 2.05) is 0 Å². The molecular weight excluding hydrogens is 250 g/mol. The maximum atomic E-state index is 11.3. The summed E-state index contributed by atoms with van der Waals surface area (Å²) in [5.41, 5.74) is 0.761. The summed E-state index contributed by atoms with van der Waals surface area (Å²) in [7, 11) is 0. The highest BCUT2D eigenvalue weighted by Gasteiger charge is 2.19. The topological polar surface area (TPSA) is 104 Å². The number of carboxylic acid groups (broad SMARTS) is 2. The molecule has 6 nitrogen and oxygen atoms in total. The monoisotopic (exact) mass is 263 g/mol. The molecule has 1 atom stereocenters. The van der Waals surface area contributed by atoms with Crippen LogP contribution >= 0.6 is 0 Å². The Morgan fingerprint density at radius 2 is 1.74 bits per heavy atom. The number of carbonyl (C=O) groups is 3. The molecule has 0 radical (unpaired) electrons. The van der Waals surface area contributed by atoms with Gasteiger partial charge in [0.25, 0.3) is 0 Å². The molecule has 0 unspecified atom stereocenters. The molecule has 0 bridgehead atoms. The maximum absolute atomic E-state index is 11.3. The van der Waals surface area contributed by atoms with E-state index in [-0.39, 0.29) is 6.42 Å². The van der Waals surface area contributed by atoms with Gasteiger partial charge in [-0.05, 0) is 5.56 Å². The van der Waals surface area contributed by atoms with Crippen molar-refractivity contribution in [2.75, 3.05) is 0 Å². The first-order chi connectivity index (χ1) is 8.99. The second-order valence-corrected chi connectivity index (χ2v) is 3.76. The summed E-state index contributed by atoms with van der Waals surface area (Å²) in [6.07, 6.45) is 1.56. The van der Waals surface area contributed by atoms with E-state index in [9.17, 15) is 14.4 Å². The molecule has 0 spiro atoms. The van der Waals surface area contributed by atoms with Crippen molar-refractivity contribution in [3.63, 3.8) is 0 Å². The Bertz CT molecular complexity index is 495. The van der Waals surface area contributed by atoms with Gasteiger partial charge in [0, 0.05) is 18.6 Å². The lowest BCUT2D eigenvalue weighted by Gasteiger charge is -2.13. The van der Waals surface area contributed by atoms with Crippen LogP contribution in [0.5, 0.6) is 0 Å². The summed E-state index contributed by atoms with van der Waals surface area (Å²) in [4.78, 5) is 32.6. The van der Waals surface area contributed by atoms with Gasteiger partial charge in [-0.1, -0.05) is 30.3 Å². The highest BCUT2D eigenvalue weighted by molar-refractivity contribution is 5.95. The minimum atomic E-state index is -1.27. The number of rotatable bonds is 6. The van der Waals surface area contributed by atoms with Crippen LogP contribution in [0.3, 0.4) is 0 Å². The summed E-state index contributed by atoms with van der Waals surface area (Å²) in [5, 5.41) is 19.6. The van der Waals surface area contributed by atoms with Gasteiger partial charge in [0.1, 0.15) is 6.04 Å². The second-order valence-electron chi connectivity index (χ2n) is 3.76. The Morgan fingerprint density at radius 1 is 1.11 bits per heavy atom. The van der Waals surface area contributed by atoms with Crippen LogP contribution in [-0.4, -0.2) is 34.1 Å². The van der Waals surface area contributed by atoms with E-state index >= 15 is 0 Å². The van der Waals surface area contributed by atoms with Crippen LogP contribution in [-0.2, 0) is 20.8 Å². The summed E-state index contributed by atoms with van der Waals surface area (Å²) < 4.78 is 0. The number of carbonyl (C=O) groups excluding carboxylic acids is 1. The number of nitrogens with one attached hydrogen (secondary N) is 1. The third kappa shape index (κ3) is 5.49. The fraction of sp³-hybridized carbons (Fsp3) is 0.154. The number of aliphatic carboxylic acids is 2. The molecule has 19 heavy (non-hydrogen) atoms. The molecule has 1 aromatic carbocycles. The first-order valence-electron chi connectivity index (χ1n) is 5.47. The van der Waals surface area contributed by atoms with E-state index in [2.05, 4.69) is 5.32 Å². The molecule has 1 aromatic rings. The average Bonchev–Trinajstić information content (AvgIpc) is 2.36. The molecule has 0 heterocycles. The standard InChI is InChI=1S/C13H13NO5/c15-11(6-7-12(16)17)14-10(13(18)19)8-9-4-2-1-3-5-9/h1-7,10H,8H2,(H,14,15)(H,16,17)(H,18,19)/b7-6-/t10-/m1/s1. The normalized spacial score (nSPS) is 12.0. The average molecular weight is 263 g/mol. The van der Waals surface area contributed by atoms with Crippen LogP contribution in [0.25, 0.3) is 0 Å². The fourth-order valence-corrected chi connectivity index (χ4v) is 1.42. The lowest BCUT2D eigenvalue weighted by atomic mass is 10.1. The second kappa shape index (κ2) is 6.95. The summed E-state index contributed by atoms with van der Waals surface area (Å²) in [6.45, 7) is 0. The molecular formula is C13H13NO5. The Morgan fingerprint density at radius 3 is 2.26 bits per heavy atom. The summed E-state index contributed by atoms with van der Waals surface area (Å²) in [6, 6.07) is 7.71. The third-order valence-corrected chi connectivity index (χ3v) is 2.27. The van der Waals surface area contributed by atoms with Crippen molar-refractivity contribution in [1.29, 1.82) is 0 Å². The van der Waals surface area contributed by atoms with E-state index in [0.717, 1.165) is 11.6 Å². The number of hydrogen-bond acceptors (Lipinski definition) is 3. The Balaban J connectivity index is 2.66. The van der Waals surface area contributed by atoms with E-state index in [1.54, 1.807) is 30.3 Å². The van der Waals surface area contributed by atoms with Gasteiger partial charge in [-0.3, -0.25) is 4.79 Å². The lowest BCUT2D eigenvalue weighted by Crippen LogP contribution is -2.41. The highest BCUT2D eigenvalue weighted by atomic mass is 16.4. The highest BCUT2D eigenvalue weighted by Crippen LogP contribution is 2.03. The molecule has 6 heteroatoms. The van der Waals surface area contributed by atoms with Gasteiger partial charge in [-0.2, -0.15) is 0 Å². The molecule has 0 aliphatic carbocycles. The minimum absolute atomic E-state index is 0.128. The summed E-state index contributed by atoms with van der Waals surface area (Å²) >= 11 is 0. The van der Waals surface area contributed by atoms with Crippen molar-refractivity contribution in [2.24, 2.45) is 0 Å². The molecule has 0 saturated carbocycles. The SMILES string of the molecule is O=C(O)/C=C\C(=O)N[C@H](Cc1ccccc1)C(=O)O. The lowest BCUT2D eigenvalue weighted by molar-refractivity contribution is -0.141. The van der Waals surface area contributed by atoms with Crippen molar-refractivity contribution in [2.45, 2.75) is 12.5 Å². The predicted molar refractivity (Wildman–Crippen MR) is 66.5 cm³/mol. The molecule has 0 fully saturated rings. The molecule has 0 aliphatic rings. The Hall–Kier alpha value is -2.63. The van der Waals surface area contributed by atoms with Crippen LogP contribution in [0.4, 0.5) is 0 Å². The number of benzene rings is 1. The molecule has 1 amide bonds. The minimum Gasteiger partial charge on any atom is -0.480 e. The van der Waals surface area contributed by atoms with Crippen LogP contribution < -0.4 is 5.32 Å². The zero-order chi connectivity index (χ0) is 14.3. The molecule has 3 N–H and O–H groups in total. The molecule has 0 saturated heterocycles. The number of amides is 1. The van der Waals surface area contributed by atoms with Gasteiger partial charge in [0.15, 0.2) is 0 Å². The van der Waals surface area contributed by atoms with Crippen LogP contribution in [0.2, 0.25) is 0 Å². The molecule has 0 aliphatic heterocycles. The maximum Gasteiger partial charge on any atom is 0.328 e. The van der Waals surface area contributed by atoms with E-state index < -0.39 is 23.9 Å². The van der Waals surface area contributed by atoms with Crippen LogP contribution in [0, 0.1) is 0 Å². The van der Waals surface area contributed by atoms with Gasteiger partial charge in [-0.15, -0.1) is 0 Å². The zero-order valence-corrected chi connectivity index (χ0v) is 9.95. The molecule has 1 rings (SSSR count). The van der Waals surface area contributed by atoms with Gasteiger partial charge >= 0.3 is 11.9 Å². The van der Waals surface area contributed by atoms with Gasteiger partial charge in [0.05, 0.1) is 0 Å². The first kappa shape index (κ1) is 14.4. The van der Waals surface area contributed by atoms with Crippen molar-refractivity contribution in [3.05, 3.63) is 48.0 Å². The van der Waals surface area contributed by atoms with Gasteiger partial charge in [-0.25, -0.2) is 9.59 Å². The van der Waals surface area contributed by atoms with Crippen molar-refractivity contribution >= 4 is 17.8 Å². The van der Waals surface area contributed by atoms with Crippen molar-refractivity contribution < 1.29 is 24.6 Å². The van der Waals surface area contributed by atoms with Crippen LogP contribution in [0.1, 0.15) is 5.56 Å². The largest absolute Gasteiger partial charge is 0.480 e. The first-order valence-corrected chi connectivity index (χ1v) is 5.47. The van der Waals surface area contributed by atoms with Gasteiger partial charge in [0.2, 0.25) is 5.91 Å². The van der Waals surface area contributed by atoms with E-state index in [1.165, 1.54) is 0 Å². The smallest absolute Gasteiger partial charge is 0.328 e. The zero-order valence-electron chi connectivity index (χ0n) is 9.95. The van der Waals surface area contributed by atoms with Crippen molar-refractivity contribution in [3.8, 4) is 0 Å². The summed E-state index contributed by atoms with van der Waals surface area (Å²) in [5.74, 6) is -3.21. The third-order valence-electron chi connectivity index (χ3n) is 2.27. The fourth-order valence-electron chi connectivity index (χ4n) is 1.42. The van der Waals surface area contributed by atoms with E-state index in [4.69, 9.17) is 10.2 Å². The quantitative estimate of drug-likeness (QED) is 0.646. The van der Waals surface area contributed by atoms with Crippen molar-refractivity contribution in [1.82, 2.24) is 5.32 Å².